The molecular weight excluding hydrogens is 343 g/mol. The number of thiophene rings is 1. The van der Waals surface area contributed by atoms with Gasteiger partial charge in [-0.25, -0.2) is 14.2 Å². The van der Waals surface area contributed by atoms with Crippen LogP contribution < -0.4 is 5.56 Å². The molecule has 1 aromatic carbocycles. The summed E-state index contributed by atoms with van der Waals surface area (Å²) in [6.07, 6.45) is 1.80. The Morgan fingerprint density at radius 1 is 1.36 bits per heavy atom. The first kappa shape index (κ1) is 17.3. The lowest BCUT2D eigenvalue weighted by atomic mass is 10.0. The molecule has 0 saturated heterocycles. The van der Waals surface area contributed by atoms with Crippen molar-refractivity contribution in [2.75, 3.05) is 7.11 Å². The number of carbonyl (C=O) groups excluding carboxylic acids is 1. The average molecular weight is 360 g/mol. The number of ether oxygens (including phenoxy) is 1. The number of fused-ring (bicyclic) bond motifs is 1. The Morgan fingerprint density at radius 3 is 2.64 bits per heavy atom. The SMILES string of the molecule is CC[C@H](C(=O)OC)n1cnc2sc(C)c(-c3ccc(F)cc3)c2c1=O. The Hall–Kier alpha value is -2.54. The number of rotatable bonds is 4. The fourth-order valence-electron chi connectivity index (χ4n) is 2.91. The minimum absolute atomic E-state index is 0.300. The van der Waals surface area contributed by atoms with Crippen LogP contribution in [0.1, 0.15) is 24.3 Å². The van der Waals surface area contributed by atoms with Crippen LogP contribution in [0.3, 0.4) is 0 Å². The number of benzene rings is 1. The normalized spacial score (nSPS) is 12.3. The molecule has 0 aliphatic heterocycles. The third-order valence-corrected chi connectivity index (χ3v) is 5.16. The first-order valence-electron chi connectivity index (χ1n) is 7.82. The number of methoxy groups -OCH3 is 1. The van der Waals surface area contributed by atoms with Crippen LogP contribution in [0, 0.1) is 12.7 Å². The van der Waals surface area contributed by atoms with E-state index in [1.54, 1.807) is 19.1 Å². The average Bonchev–Trinajstić information content (AvgIpc) is 2.95. The van der Waals surface area contributed by atoms with Crippen LogP contribution in [-0.2, 0) is 9.53 Å². The van der Waals surface area contributed by atoms with Crippen LogP contribution in [-0.4, -0.2) is 22.6 Å². The third-order valence-electron chi connectivity index (χ3n) is 4.14. The molecule has 0 aliphatic carbocycles. The van der Waals surface area contributed by atoms with E-state index in [1.807, 2.05) is 6.92 Å². The molecular formula is C18H17FN2O3S. The van der Waals surface area contributed by atoms with E-state index in [2.05, 4.69) is 4.98 Å². The summed E-state index contributed by atoms with van der Waals surface area (Å²) in [5, 5.41) is 0.443. The van der Waals surface area contributed by atoms with Crippen molar-refractivity contribution >= 4 is 27.5 Å². The first-order chi connectivity index (χ1) is 12.0. The molecule has 3 aromatic rings. The highest BCUT2D eigenvalue weighted by atomic mass is 32.1. The fourth-order valence-corrected chi connectivity index (χ4v) is 3.92. The number of hydrogen-bond acceptors (Lipinski definition) is 5. The molecule has 130 valence electrons. The van der Waals surface area contributed by atoms with Gasteiger partial charge in [0.25, 0.3) is 5.56 Å². The van der Waals surface area contributed by atoms with Crippen molar-refractivity contribution in [3.8, 4) is 11.1 Å². The predicted molar refractivity (Wildman–Crippen MR) is 95.4 cm³/mol. The maximum atomic E-state index is 13.2. The predicted octanol–water partition coefficient (Wildman–Crippen LogP) is 3.70. The molecule has 5 nitrogen and oxygen atoms in total. The van der Waals surface area contributed by atoms with Gasteiger partial charge in [-0.1, -0.05) is 19.1 Å². The number of hydrogen-bond donors (Lipinski definition) is 0. The summed E-state index contributed by atoms with van der Waals surface area (Å²) in [6, 6.07) is 5.26. The molecule has 0 fully saturated rings. The number of nitrogens with zero attached hydrogens (tertiary/aromatic N) is 2. The largest absolute Gasteiger partial charge is 0.467 e. The molecule has 0 N–H and O–H groups in total. The first-order valence-corrected chi connectivity index (χ1v) is 8.63. The number of halogens is 1. The van der Waals surface area contributed by atoms with Crippen molar-refractivity contribution in [3.63, 3.8) is 0 Å². The van der Waals surface area contributed by atoms with Gasteiger partial charge in [0, 0.05) is 10.4 Å². The summed E-state index contributed by atoms with van der Waals surface area (Å²) in [4.78, 5) is 30.9. The smallest absolute Gasteiger partial charge is 0.329 e. The monoisotopic (exact) mass is 360 g/mol. The summed E-state index contributed by atoms with van der Waals surface area (Å²) in [5.74, 6) is -0.825. The summed E-state index contributed by atoms with van der Waals surface area (Å²) < 4.78 is 19.3. The second-order valence-corrected chi connectivity index (χ2v) is 6.83. The molecule has 0 unspecified atom stereocenters. The zero-order chi connectivity index (χ0) is 18.1. The van der Waals surface area contributed by atoms with Crippen molar-refractivity contribution in [2.45, 2.75) is 26.3 Å². The van der Waals surface area contributed by atoms with Crippen LogP contribution in [0.15, 0.2) is 35.4 Å². The molecule has 0 radical (unpaired) electrons. The third kappa shape index (κ3) is 2.95. The van der Waals surface area contributed by atoms with E-state index in [9.17, 15) is 14.0 Å². The Morgan fingerprint density at radius 2 is 2.04 bits per heavy atom. The zero-order valence-electron chi connectivity index (χ0n) is 14.1. The highest BCUT2D eigenvalue weighted by Gasteiger charge is 2.24. The van der Waals surface area contributed by atoms with Gasteiger partial charge in [0.2, 0.25) is 0 Å². The molecule has 25 heavy (non-hydrogen) atoms. The molecule has 0 saturated carbocycles. The van der Waals surface area contributed by atoms with Gasteiger partial charge in [0.05, 0.1) is 18.8 Å². The van der Waals surface area contributed by atoms with E-state index in [-0.39, 0.29) is 11.4 Å². The summed E-state index contributed by atoms with van der Waals surface area (Å²) in [5.41, 5.74) is 1.17. The van der Waals surface area contributed by atoms with E-state index in [0.717, 1.165) is 16.0 Å². The van der Waals surface area contributed by atoms with Crippen LogP contribution in [0.2, 0.25) is 0 Å². The van der Waals surface area contributed by atoms with E-state index < -0.39 is 12.0 Å². The molecule has 7 heteroatoms. The number of aromatic nitrogens is 2. The summed E-state index contributed by atoms with van der Waals surface area (Å²) in [6.45, 7) is 3.70. The Bertz CT molecular complexity index is 992. The van der Waals surface area contributed by atoms with Crippen LogP contribution in [0.25, 0.3) is 21.3 Å². The number of carbonyl (C=O) groups is 1. The van der Waals surface area contributed by atoms with Crippen LogP contribution in [0.5, 0.6) is 0 Å². The van der Waals surface area contributed by atoms with Gasteiger partial charge in [0.15, 0.2) is 0 Å². The standard InChI is InChI=1S/C18H17FN2O3S/c1-4-13(18(23)24-3)21-9-20-16-15(17(21)22)14(10(2)25-16)11-5-7-12(19)8-6-11/h5-9,13H,4H2,1-3H3/t13-/m1/s1. The molecule has 2 heterocycles. The Labute approximate surface area is 147 Å². The lowest BCUT2D eigenvalue weighted by Crippen LogP contribution is -2.30. The van der Waals surface area contributed by atoms with Crippen molar-refractivity contribution in [2.24, 2.45) is 0 Å². The van der Waals surface area contributed by atoms with E-state index in [1.165, 1.54) is 41.5 Å². The van der Waals surface area contributed by atoms with Crippen LogP contribution >= 0.6 is 11.3 Å². The Balaban J connectivity index is 2.28. The van der Waals surface area contributed by atoms with Crippen molar-refractivity contribution in [3.05, 3.63) is 51.6 Å². The second kappa shape index (κ2) is 6.76. The van der Waals surface area contributed by atoms with Gasteiger partial charge >= 0.3 is 5.97 Å². The number of esters is 1. The lowest BCUT2D eigenvalue weighted by molar-refractivity contribution is -0.144. The maximum Gasteiger partial charge on any atom is 0.329 e. The lowest BCUT2D eigenvalue weighted by Gasteiger charge is -2.15. The van der Waals surface area contributed by atoms with Gasteiger partial charge in [0.1, 0.15) is 16.7 Å². The van der Waals surface area contributed by atoms with Gasteiger partial charge in [-0.2, -0.15) is 0 Å². The van der Waals surface area contributed by atoms with Gasteiger partial charge in [-0.3, -0.25) is 9.36 Å². The van der Waals surface area contributed by atoms with Crippen molar-refractivity contribution in [1.82, 2.24) is 9.55 Å². The molecule has 1 atom stereocenters. The summed E-state index contributed by atoms with van der Waals surface area (Å²) in [7, 11) is 1.29. The molecule has 3 rings (SSSR count). The minimum atomic E-state index is -0.726. The molecule has 2 aromatic heterocycles. The fraction of sp³-hybridized carbons (Fsp3) is 0.278. The van der Waals surface area contributed by atoms with Crippen molar-refractivity contribution in [1.29, 1.82) is 0 Å². The molecule has 0 bridgehead atoms. The van der Waals surface area contributed by atoms with Gasteiger partial charge in [-0.05, 0) is 31.0 Å². The minimum Gasteiger partial charge on any atom is -0.467 e. The van der Waals surface area contributed by atoms with Gasteiger partial charge in [-0.15, -0.1) is 11.3 Å². The quantitative estimate of drug-likeness (QED) is 0.666. The van der Waals surface area contributed by atoms with E-state index in [4.69, 9.17) is 4.74 Å². The Kier molecular flexibility index (Phi) is 4.67. The topological polar surface area (TPSA) is 61.2 Å². The number of aryl methyl sites for hydroxylation is 1. The zero-order valence-corrected chi connectivity index (χ0v) is 14.9. The van der Waals surface area contributed by atoms with Crippen molar-refractivity contribution < 1.29 is 13.9 Å². The molecule has 0 amide bonds. The second-order valence-electron chi connectivity index (χ2n) is 5.62. The van der Waals surface area contributed by atoms with Crippen LogP contribution in [0.4, 0.5) is 4.39 Å². The van der Waals surface area contributed by atoms with E-state index >= 15 is 0 Å². The molecule has 0 aliphatic rings. The highest BCUT2D eigenvalue weighted by Crippen LogP contribution is 2.35. The maximum absolute atomic E-state index is 13.2. The van der Waals surface area contributed by atoms with E-state index in [0.29, 0.717) is 16.6 Å². The summed E-state index contributed by atoms with van der Waals surface area (Å²) >= 11 is 1.40. The highest BCUT2D eigenvalue weighted by molar-refractivity contribution is 7.19. The van der Waals surface area contributed by atoms with Gasteiger partial charge < -0.3 is 4.74 Å². The molecule has 0 spiro atoms.